The molecule has 2 aromatic heterocycles. The molecule has 0 bridgehead atoms. The van der Waals surface area contributed by atoms with Crippen LogP contribution in [-0.2, 0) is 0 Å². The minimum atomic E-state index is -0.999. The van der Waals surface area contributed by atoms with Crippen LogP contribution in [0.4, 0.5) is 0 Å². The van der Waals surface area contributed by atoms with Gasteiger partial charge in [-0.2, -0.15) is 0 Å². The van der Waals surface area contributed by atoms with Crippen LogP contribution < -0.4 is 0 Å². The highest BCUT2D eigenvalue weighted by molar-refractivity contribution is 7.99. The van der Waals surface area contributed by atoms with Crippen LogP contribution in [0.5, 0.6) is 0 Å². The van der Waals surface area contributed by atoms with E-state index in [1.165, 1.54) is 6.26 Å². The zero-order valence-corrected chi connectivity index (χ0v) is 10.1. The van der Waals surface area contributed by atoms with E-state index in [1.807, 2.05) is 0 Å². The van der Waals surface area contributed by atoms with E-state index < -0.39 is 5.97 Å². The summed E-state index contributed by atoms with van der Waals surface area (Å²) in [5.74, 6) is -0.999. The van der Waals surface area contributed by atoms with Gasteiger partial charge in [-0.05, 0) is 37.2 Å². The van der Waals surface area contributed by atoms with Gasteiger partial charge in [-0.3, -0.25) is 0 Å². The lowest BCUT2D eigenvalue weighted by atomic mass is 10.2. The normalized spacial score (nSPS) is 10.5. The van der Waals surface area contributed by atoms with Crippen molar-refractivity contribution in [3.63, 3.8) is 0 Å². The van der Waals surface area contributed by atoms with Crippen molar-refractivity contribution in [3.05, 3.63) is 35.3 Å². The molecule has 17 heavy (non-hydrogen) atoms. The summed E-state index contributed by atoms with van der Waals surface area (Å²) in [5, 5.41) is 9.91. The lowest BCUT2D eigenvalue weighted by Gasteiger charge is -2.04. The number of nitrogens with zero attached hydrogens (tertiary/aromatic N) is 2. The van der Waals surface area contributed by atoms with E-state index in [-0.39, 0.29) is 5.56 Å². The monoisotopic (exact) mass is 250 g/mol. The first-order chi connectivity index (χ1) is 8.08. The smallest absolute Gasteiger partial charge is 0.338 e. The lowest BCUT2D eigenvalue weighted by molar-refractivity contribution is 0.0691. The van der Waals surface area contributed by atoms with Gasteiger partial charge in [-0.1, -0.05) is 0 Å². The lowest BCUT2D eigenvalue weighted by Crippen LogP contribution is -2.03. The average molecular weight is 250 g/mol. The van der Waals surface area contributed by atoms with Crippen LogP contribution >= 0.6 is 11.8 Å². The topological polar surface area (TPSA) is 76.2 Å². The third-order valence-electron chi connectivity index (χ3n) is 2.12. The second-order valence-corrected chi connectivity index (χ2v) is 4.41. The fourth-order valence-corrected chi connectivity index (χ4v) is 2.25. The number of aromatic nitrogens is 2. The Morgan fingerprint density at radius 3 is 2.82 bits per heavy atom. The molecule has 88 valence electrons. The third-order valence-corrected chi connectivity index (χ3v) is 2.99. The predicted molar refractivity (Wildman–Crippen MR) is 61.3 cm³/mol. The summed E-state index contributed by atoms with van der Waals surface area (Å²) in [7, 11) is 0. The van der Waals surface area contributed by atoms with Crippen molar-refractivity contribution in [2.45, 2.75) is 24.1 Å². The third kappa shape index (κ3) is 2.47. The van der Waals surface area contributed by atoms with E-state index in [0.29, 0.717) is 15.8 Å². The second-order valence-electron chi connectivity index (χ2n) is 3.47. The Bertz CT molecular complexity index is 566. The molecule has 0 saturated carbocycles. The van der Waals surface area contributed by atoms with Crippen molar-refractivity contribution in [2.75, 3.05) is 0 Å². The number of oxazole rings is 1. The van der Waals surface area contributed by atoms with Crippen molar-refractivity contribution < 1.29 is 14.3 Å². The average Bonchev–Trinajstić information content (AvgIpc) is 2.63. The first kappa shape index (κ1) is 11.7. The highest BCUT2D eigenvalue weighted by Crippen LogP contribution is 2.29. The molecular formula is C11H10N2O3S. The molecule has 0 aromatic carbocycles. The van der Waals surface area contributed by atoms with Gasteiger partial charge < -0.3 is 9.52 Å². The summed E-state index contributed by atoms with van der Waals surface area (Å²) in [6.07, 6.45) is 3.08. The van der Waals surface area contributed by atoms with Gasteiger partial charge in [-0.15, -0.1) is 0 Å². The summed E-state index contributed by atoms with van der Waals surface area (Å²) < 4.78 is 5.16. The molecule has 0 aliphatic rings. The summed E-state index contributed by atoms with van der Waals surface area (Å²) in [6.45, 7) is 3.53. The molecule has 2 rings (SSSR count). The molecule has 6 heteroatoms. The quantitative estimate of drug-likeness (QED) is 0.902. The van der Waals surface area contributed by atoms with Crippen LogP contribution in [0.1, 0.15) is 21.6 Å². The molecule has 0 amide bonds. The second kappa shape index (κ2) is 4.58. The van der Waals surface area contributed by atoms with E-state index in [4.69, 9.17) is 9.52 Å². The molecule has 0 unspecified atom stereocenters. The summed E-state index contributed by atoms with van der Waals surface area (Å²) in [6, 6.07) is 1.66. The maximum Gasteiger partial charge on any atom is 0.338 e. The molecule has 0 aliphatic carbocycles. The SMILES string of the molecule is Cc1coc(Sc2nccc(C)c2C(=O)O)n1. The van der Waals surface area contributed by atoms with Crippen molar-refractivity contribution in [2.24, 2.45) is 0 Å². The molecule has 0 fully saturated rings. The maximum atomic E-state index is 11.1. The van der Waals surface area contributed by atoms with Crippen LogP contribution in [0.15, 0.2) is 33.2 Å². The van der Waals surface area contributed by atoms with Crippen LogP contribution in [0, 0.1) is 13.8 Å². The van der Waals surface area contributed by atoms with Crippen LogP contribution in [0.25, 0.3) is 0 Å². The van der Waals surface area contributed by atoms with E-state index in [2.05, 4.69) is 9.97 Å². The number of aryl methyl sites for hydroxylation is 2. The Labute approximate surface area is 102 Å². The first-order valence-electron chi connectivity index (χ1n) is 4.87. The minimum absolute atomic E-state index is 0.188. The fraction of sp³-hybridized carbons (Fsp3) is 0.182. The van der Waals surface area contributed by atoms with Gasteiger partial charge in [0.25, 0.3) is 5.22 Å². The summed E-state index contributed by atoms with van der Waals surface area (Å²) in [5.41, 5.74) is 1.60. The highest BCUT2D eigenvalue weighted by atomic mass is 32.2. The van der Waals surface area contributed by atoms with E-state index >= 15 is 0 Å². The Hall–Kier alpha value is -1.82. The Morgan fingerprint density at radius 2 is 2.24 bits per heavy atom. The number of aromatic carboxylic acids is 1. The maximum absolute atomic E-state index is 11.1. The number of rotatable bonds is 3. The molecule has 0 radical (unpaired) electrons. The van der Waals surface area contributed by atoms with E-state index in [0.717, 1.165) is 17.5 Å². The molecule has 0 saturated heterocycles. The number of carboxylic acids is 1. The van der Waals surface area contributed by atoms with Crippen molar-refractivity contribution in [1.29, 1.82) is 0 Å². The Morgan fingerprint density at radius 1 is 1.47 bits per heavy atom. The molecule has 0 aliphatic heterocycles. The van der Waals surface area contributed by atoms with Crippen LogP contribution in [0.3, 0.4) is 0 Å². The molecule has 2 heterocycles. The predicted octanol–water partition coefficient (Wildman–Crippen LogP) is 2.54. The van der Waals surface area contributed by atoms with Gasteiger partial charge in [0.2, 0.25) is 0 Å². The molecule has 5 nitrogen and oxygen atoms in total. The minimum Gasteiger partial charge on any atom is -0.478 e. The summed E-state index contributed by atoms with van der Waals surface area (Å²) >= 11 is 1.11. The summed E-state index contributed by atoms with van der Waals surface area (Å²) in [4.78, 5) is 19.3. The van der Waals surface area contributed by atoms with E-state index in [1.54, 1.807) is 26.1 Å². The Balaban J connectivity index is 2.39. The van der Waals surface area contributed by atoms with Gasteiger partial charge in [0, 0.05) is 6.20 Å². The number of hydrogen-bond acceptors (Lipinski definition) is 5. The van der Waals surface area contributed by atoms with Gasteiger partial charge in [0.05, 0.1) is 11.3 Å². The zero-order chi connectivity index (χ0) is 12.4. The molecule has 1 N–H and O–H groups in total. The number of carbonyl (C=O) groups is 1. The van der Waals surface area contributed by atoms with Gasteiger partial charge in [0.1, 0.15) is 11.3 Å². The Kier molecular flexibility index (Phi) is 3.14. The zero-order valence-electron chi connectivity index (χ0n) is 9.30. The van der Waals surface area contributed by atoms with Crippen molar-refractivity contribution in [1.82, 2.24) is 9.97 Å². The molecule has 0 spiro atoms. The van der Waals surface area contributed by atoms with Gasteiger partial charge in [0.15, 0.2) is 0 Å². The molecule has 0 atom stereocenters. The molecule has 2 aromatic rings. The van der Waals surface area contributed by atoms with Crippen molar-refractivity contribution >= 4 is 17.7 Å². The van der Waals surface area contributed by atoms with Crippen LogP contribution in [-0.4, -0.2) is 21.0 Å². The van der Waals surface area contributed by atoms with Crippen LogP contribution in [0.2, 0.25) is 0 Å². The highest BCUT2D eigenvalue weighted by Gasteiger charge is 2.17. The number of pyridine rings is 1. The number of hydrogen-bond donors (Lipinski definition) is 1. The van der Waals surface area contributed by atoms with Gasteiger partial charge in [-0.25, -0.2) is 14.8 Å². The largest absolute Gasteiger partial charge is 0.478 e. The van der Waals surface area contributed by atoms with Gasteiger partial charge >= 0.3 is 5.97 Å². The number of carboxylic acid groups (broad SMARTS) is 1. The standard InChI is InChI=1S/C11H10N2O3S/c1-6-3-4-12-9(8(6)10(14)15)17-11-13-7(2)5-16-11/h3-5H,1-2H3,(H,14,15). The fourth-order valence-electron chi connectivity index (χ4n) is 1.33. The molecular weight excluding hydrogens is 240 g/mol. The van der Waals surface area contributed by atoms with E-state index in [9.17, 15) is 4.79 Å². The van der Waals surface area contributed by atoms with Crippen molar-refractivity contribution in [3.8, 4) is 0 Å². The first-order valence-corrected chi connectivity index (χ1v) is 5.68.